The van der Waals surface area contributed by atoms with Gasteiger partial charge in [-0.2, -0.15) is 0 Å². The average molecular weight is 361 g/mol. The number of aryl methyl sites for hydroxylation is 2. The molecule has 1 amide bonds. The summed E-state index contributed by atoms with van der Waals surface area (Å²) in [5.41, 5.74) is 4.40. The molecule has 0 fully saturated rings. The van der Waals surface area contributed by atoms with Gasteiger partial charge in [0.25, 0.3) is 5.91 Å². The maximum absolute atomic E-state index is 13.7. The van der Waals surface area contributed by atoms with Crippen LogP contribution in [0, 0.1) is 19.7 Å². The van der Waals surface area contributed by atoms with E-state index >= 15 is 0 Å². The van der Waals surface area contributed by atoms with Crippen LogP contribution < -0.4 is 5.32 Å². The number of fused-ring (bicyclic) bond motifs is 1. The van der Waals surface area contributed by atoms with E-state index in [-0.39, 0.29) is 5.56 Å². The van der Waals surface area contributed by atoms with E-state index in [9.17, 15) is 9.18 Å². The molecule has 27 heavy (non-hydrogen) atoms. The molecule has 0 atom stereocenters. The van der Waals surface area contributed by atoms with Gasteiger partial charge in [-0.25, -0.2) is 14.4 Å². The number of rotatable bonds is 3. The molecule has 6 heteroatoms. The van der Waals surface area contributed by atoms with Crippen LogP contribution in [0.2, 0.25) is 0 Å². The third kappa shape index (κ3) is 3.29. The van der Waals surface area contributed by atoms with Gasteiger partial charge in [0, 0.05) is 18.7 Å². The van der Waals surface area contributed by atoms with Gasteiger partial charge in [-0.15, -0.1) is 0 Å². The first-order valence-electron chi connectivity index (χ1n) is 8.41. The molecule has 5 nitrogen and oxygen atoms in total. The number of hydrogen-bond acceptors (Lipinski definition) is 4. The van der Waals surface area contributed by atoms with Gasteiger partial charge >= 0.3 is 0 Å². The van der Waals surface area contributed by atoms with E-state index in [1.54, 1.807) is 18.3 Å². The highest BCUT2D eigenvalue weighted by molar-refractivity contribution is 6.04. The number of pyridine rings is 1. The molecule has 1 N–H and O–H groups in total. The molecule has 134 valence electrons. The van der Waals surface area contributed by atoms with E-state index in [2.05, 4.69) is 15.3 Å². The Morgan fingerprint density at radius 2 is 1.93 bits per heavy atom. The number of amides is 1. The molecular weight excluding hydrogens is 345 g/mol. The van der Waals surface area contributed by atoms with Crippen molar-refractivity contribution in [3.63, 3.8) is 0 Å². The van der Waals surface area contributed by atoms with Gasteiger partial charge in [-0.05, 0) is 54.4 Å². The Morgan fingerprint density at radius 3 is 2.67 bits per heavy atom. The molecule has 2 aromatic heterocycles. The SMILES string of the molecule is Cc1nc2cc(C)c(-c3ccc(NC(=O)c4ccccc4F)nc3)cc2o1. The lowest BCUT2D eigenvalue weighted by Gasteiger charge is -2.08. The van der Waals surface area contributed by atoms with Crippen molar-refractivity contribution in [1.29, 1.82) is 0 Å². The van der Waals surface area contributed by atoms with Crippen molar-refractivity contribution >= 4 is 22.8 Å². The largest absolute Gasteiger partial charge is 0.441 e. The standard InChI is InChI=1S/C21H16FN3O2/c1-12-9-18-19(27-13(2)24-18)10-16(12)14-7-8-20(23-11-14)25-21(26)15-5-3-4-6-17(15)22/h3-11H,1-2H3,(H,23,25,26). The fraction of sp³-hybridized carbons (Fsp3) is 0.0952. The quantitative estimate of drug-likeness (QED) is 0.564. The molecule has 4 aromatic rings. The van der Waals surface area contributed by atoms with Crippen molar-refractivity contribution in [3.8, 4) is 11.1 Å². The van der Waals surface area contributed by atoms with Crippen LogP contribution in [0.1, 0.15) is 21.8 Å². The molecule has 0 bridgehead atoms. The highest BCUT2D eigenvalue weighted by Crippen LogP contribution is 2.28. The van der Waals surface area contributed by atoms with Crippen LogP contribution in [-0.2, 0) is 0 Å². The summed E-state index contributed by atoms with van der Waals surface area (Å²) in [6, 6.07) is 13.2. The first-order valence-corrected chi connectivity index (χ1v) is 8.41. The zero-order chi connectivity index (χ0) is 19.0. The van der Waals surface area contributed by atoms with E-state index in [0.717, 1.165) is 22.2 Å². The van der Waals surface area contributed by atoms with Crippen molar-refractivity contribution in [1.82, 2.24) is 9.97 Å². The van der Waals surface area contributed by atoms with Gasteiger partial charge in [-0.3, -0.25) is 4.79 Å². The number of nitrogens with one attached hydrogen (secondary N) is 1. The van der Waals surface area contributed by atoms with Gasteiger partial charge < -0.3 is 9.73 Å². The number of halogens is 1. The second-order valence-electron chi connectivity index (χ2n) is 6.23. The van der Waals surface area contributed by atoms with E-state index < -0.39 is 11.7 Å². The van der Waals surface area contributed by atoms with Crippen molar-refractivity contribution < 1.29 is 13.6 Å². The molecule has 0 aliphatic rings. The van der Waals surface area contributed by atoms with Crippen molar-refractivity contribution in [2.75, 3.05) is 5.32 Å². The van der Waals surface area contributed by atoms with E-state index in [4.69, 9.17) is 4.42 Å². The number of oxazole rings is 1. The summed E-state index contributed by atoms with van der Waals surface area (Å²) < 4.78 is 19.3. The minimum Gasteiger partial charge on any atom is -0.441 e. The summed E-state index contributed by atoms with van der Waals surface area (Å²) in [6.45, 7) is 3.80. The zero-order valence-electron chi connectivity index (χ0n) is 14.8. The molecule has 2 heterocycles. The van der Waals surface area contributed by atoms with Crippen LogP contribution in [0.3, 0.4) is 0 Å². The van der Waals surface area contributed by atoms with E-state index in [1.807, 2.05) is 32.0 Å². The molecular formula is C21H16FN3O2. The van der Waals surface area contributed by atoms with Crippen LogP contribution in [-0.4, -0.2) is 15.9 Å². The topological polar surface area (TPSA) is 68.0 Å². The molecule has 0 unspecified atom stereocenters. The van der Waals surface area contributed by atoms with Crippen LogP contribution in [0.15, 0.2) is 59.1 Å². The number of carbonyl (C=O) groups is 1. The minimum atomic E-state index is -0.571. The Labute approximate surface area is 154 Å². The Morgan fingerprint density at radius 1 is 1.11 bits per heavy atom. The van der Waals surface area contributed by atoms with Gasteiger partial charge in [-0.1, -0.05) is 12.1 Å². The van der Waals surface area contributed by atoms with Crippen LogP contribution in [0.5, 0.6) is 0 Å². The van der Waals surface area contributed by atoms with Crippen molar-refractivity contribution in [3.05, 3.63) is 77.6 Å². The predicted octanol–water partition coefficient (Wildman–Crippen LogP) is 4.90. The summed E-state index contributed by atoms with van der Waals surface area (Å²) >= 11 is 0. The third-order valence-corrected chi connectivity index (χ3v) is 4.28. The van der Waals surface area contributed by atoms with Crippen LogP contribution >= 0.6 is 0 Å². The highest BCUT2D eigenvalue weighted by atomic mass is 19.1. The molecule has 0 aliphatic carbocycles. The summed E-state index contributed by atoms with van der Waals surface area (Å²) in [6.07, 6.45) is 1.66. The van der Waals surface area contributed by atoms with Gasteiger partial charge in [0.1, 0.15) is 17.2 Å². The van der Waals surface area contributed by atoms with Crippen LogP contribution in [0.25, 0.3) is 22.2 Å². The second kappa shape index (κ2) is 6.64. The molecule has 0 saturated heterocycles. The van der Waals surface area contributed by atoms with Crippen molar-refractivity contribution in [2.24, 2.45) is 0 Å². The zero-order valence-corrected chi connectivity index (χ0v) is 14.8. The Bertz CT molecular complexity index is 1150. The highest BCUT2D eigenvalue weighted by Gasteiger charge is 2.13. The maximum atomic E-state index is 13.7. The number of aromatic nitrogens is 2. The molecule has 2 aromatic carbocycles. The van der Waals surface area contributed by atoms with E-state index in [0.29, 0.717) is 17.3 Å². The van der Waals surface area contributed by atoms with Gasteiger partial charge in [0.15, 0.2) is 11.5 Å². The molecule has 0 saturated carbocycles. The maximum Gasteiger partial charge on any atom is 0.259 e. The van der Waals surface area contributed by atoms with Crippen molar-refractivity contribution in [2.45, 2.75) is 13.8 Å². The number of carbonyl (C=O) groups excluding carboxylic acids is 1. The molecule has 4 rings (SSSR count). The lowest BCUT2D eigenvalue weighted by molar-refractivity contribution is 0.102. The molecule has 0 spiro atoms. The Kier molecular flexibility index (Phi) is 4.16. The lowest BCUT2D eigenvalue weighted by Crippen LogP contribution is -2.14. The van der Waals surface area contributed by atoms with E-state index in [1.165, 1.54) is 18.2 Å². The lowest BCUT2D eigenvalue weighted by atomic mass is 10.0. The normalized spacial score (nSPS) is 10.9. The molecule has 0 aliphatic heterocycles. The first kappa shape index (κ1) is 16.9. The monoisotopic (exact) mass is 361 g/mol. The summed E-state index contributed by atoms with van der Waals surface area (Å²) in [5.74, 6) is -0.145. The Hall–Kier alpha value is -3.54. The number of nitrogens with zero attached hydrogens (tertiary/aromatic N) is 2. The second-order valence-corrected chi connectivity index (χ2v) is 6.23. The van der Waals surface area contributed by atoms with Crippen LogP contribution in [0.4, 0.5) is 10.2 Å². The summed E-state index contributed by atoms with van der Waals surface area (Å²) in [7, 11) is 0. The first-order chi connectivity index (χ1) is 13.0. The molecule has 0 radical (unpaired) electrons. The fourth-order valence-corrected chi connectivity index (χ4v) is 2.96. The fourth-order valence-electron chi connectivity index (χ4n) is 2.96. The summed E-state index contributed by atoms with van der Waals surface area (Å²) in [4.78, 5) is 20.8. The number of anilines is 1. The minimum absolute atomic E-state index is 0.0228. The third-order valence-electron chi connectivity index (χ3n) is 4.28. The summed E-state index contributed by atoms with van der Waals surface area (Å²) in [5, 5.41) is 2.61. The predicted molar refractivity (Wildman–Crippen MR) is 101 cm³/mol. The number of hydrogen-bond donors (Lipinski definition) is 1. The van der Waals surface area contributed by atoms with Gasteiger partial charge in [0.2, 0.25) is 0 Å². The Balaban J connectivity index is 1.60. The number of benzene rings is 2. The van der Waals surface area contributed by atoms with Gasteiger partial charge in [0.05, 0.1) is 5.56 Å². The smallest absolute Gasteiger partial charge is 0.259 e. The average Bonchev–Trinajstić information content (AvgIpc) is 3.01.